The molecule has 102 valence electrons. The lowest BCUT2D eigenvalue weighted by atomic mass is 10.5. The molecule has 2 rings (SSSR count). The summed E-state index contributed by atoms with van der Waals surface area (Å²) in [6.45, 7) is 5.78. The Morgan fingerprint density at radius 3 is 2.94 bits per heavy atom. The lowest BCUT2D eigenvalue weighted by Gasteiger charge is -2.17. The molecule has 1 aromatic heterocycles. The van der Waals surface area contributed by atoms with Crippen LogP contribution in [0.3, 0.4) is 0 Å². The van der Waals surface area contributed by atoms with Crippen LogP contribution in [0.15, 0.2) is 6.20 Å². The van der Waals surface area contributed by atoms with Crippen molar-refractivity contribution < 1.29 is 4.74 Å². The highest BCUT2D eigenvalue weighted by atomic mass is 16.5. The Balaban J connectivity index is 1.83. The first-order valence-electron chi connectivity index (χ1n) is 6.67. The largest absolute Gasteiger partial charge is 0.383 e. The summed E-state index contributed by atoms with van der Waals surface area (Å²) in [5.41, 5.74) is 1.08. The number of methoxy groups -OCH3 is 1. The van der Waals surface area contributed by atoms with Crippen LogP contribution in [0.25, 0.3) is 0 Å². The van der Waals surface area contributed by atoms with Crippen LogP contribution < -0.4 is 5.32 Å². The number of nitrogens with zero attached hydrogens (tertiary/aromatic N) is 3. The molecule has 1 aromatic rings. The Morgan fingerprint density at radius 2 is 2.28 bits per heavy atom. The molecule has 0 atom stereocenters. The van der Waals surface area contributed by atoms with Gasteiger partial charge in [0.2, 0.25) is 5.95 Å². The molecule has 0 amide bonds. The van der Waals surface area contributed by atoms with Crippen molar-refractivity contribution in [3.05, 3.63) is 11.9 Å². The predicted octanol–water partition coefficient (Wildman–Crippen LogP) is 1.34. The number of hydrogen-bond donors (Lipinski definition) is 1. The predicted molar refractivity (Wildman–Crippen MR) is 73.0 cm³/mol. The molecule has 1 fully saturated rings. The van der Waals surface area contributed by atoms with Gasteiger partial charge in [-0.1, -0.05) is 0 Å². The standard InChI is InChI=1S/C13H24N4O/c1-11-10-17(7-6-16(2)8-9-18-3)13(14-11)15-12-4-5-12/h10,12H,4-9H2,1-3H3,(H,14,15). The summed E-state index contributed by atoms with van der Waals surface area (Å²) < 4.78 is 7.30. The topological polar surface area (TPSA) is 42.3 Å². The van der Waals surface area contributed by atoms with Crippen LogP contribution >= 0.6 is 0 Å². The molecule has 1 N–H and O–H groups in total. The van der Waals surface area contributed by atoms with E-state index in [1.807, 2.05) is 6.92 Å². The third-order valence-corrected chi connectivity index (χ3v) is 3.21. The summed E-state index contributed by atoms with van der Waals surface area (Å²) in [4.78, 5) is 6.82. The van der Waals surface area contributed by atoms with Crippen molar-refractivity contribution in [2.45, 2.75) is 32.4 Å². The number of likely N-dealkylation sites (N-methyl/N-ethyl adjacent to an activating group) is 1. The maximum atomic E-state index is 5.08. The second-order valence-corrected chi connectivity index (χ2v) is 5.11. The second kappa shape index (κ2) is 6.20. The summed E-state index contributed by atoms with van der Waals surface area (Å²) >= 11 is 0. The van der Waals surface area contributed by atoms with Crippen molar-refractivity contribution in [2.24, 2.45) is 0 Å². The Labute approximate surface area is 109 Å². The molecule has 5 nitrogen and oxygen atoms in total. The quantitative estimate of drug-likeness (QED) is 0.758. The first-order chi connectivity index (χ1) is 8.69. The fourth-order valence-electron chi connectivity index (χ4n) is 1.88. The third-order valence-electron chi connectivity index (χ3n) is 3.21. The number of ether oxygens (including phenoxy) is 1. The van der Waals surface area contributed by atoms with E-state index in [0.717, 1.165) is 37.9 Å². The van der Waals surface area contributed by atoms with Crippen molar-refractivity contribution in [2.75, 3.05) is 39.2 Å². The summed E-state index contributed by atoms with van der Waals surface area (Å²) in [5, 5.41) is 3.48. The van der Waals surface area contributed by atoms with Gasteiger partial charge in [0.25, 0.3) is 0 Å². The van der Waals surface area contributed by atoms with Gasteiger partial charge >= 0.3 is 0 Å². The average Bonchev–Trinajstić information content (AvgIpc) is 3.08. The smallest absolute Gasteiger partial charge is 0.203 e. The molecule has 0 unspecified atom stereocenters. The molecule has 0 saturated heterocycles. The van der Waals surface area contributed by atoms with Gasteiger partial charge in [-0.2, -0.15) is 0 Å². The summed E-state index contributed by atoms with van der Waals surface area (Å²) in [5.74, 6) is 1.02. The van der Waals surface area contributed by atoms with Crippen LogP contribution in [0.1, 0.15) is 18.5 Å². The molecular weight excluding hydrogens is 228 g/mol. The van der Waals surface area contributed by atoms with Crippen molar-refractivity contribution in [1.29, 1.82) is 0 Å². The van der Waals surface area contributed by atoms with E-state index >= 15 is 0 Å². The van der Waals surface area contributed by atoms with E-state index in [0.29, 0.717) is 6.04 Å². The fraction of sp³-hybridized carbons (Fsp3) is 0.769. The number of aryl methyl sites for hydroxylation is 1. The normalized spacial score (nSPS) is 15.3. The zero-order valence-electron chi connectivity index (χ0n) is 11.6. The van der Waals surface area contributed by atoms with E-state index in [4.69, 9.17) is 4.74 Å². The van der Waals surface area contributed by atoms with E-state index in [-0.39, 0.29) is 0 Å². The minimum atomic E-state index is 0.650. The Bertz CT molecular complexity index is 373. The Kier molecular flexibility index (Phi) is 4.60. The van der Waals surface area contributed by atoms with Crippen molar-refractivity contribution in [3.63, 3.8) is 0 Å². The molecule has 0 radical (unpaired) electrons. The minimum absolute atomic E-state index is 0.650. The fourth-order valence-corrected chi connectivity index (χ4v) is 1.88. The van der Waals surface area contributed by atoms with Gasteiger partial charge in [-0.25, -0.2) is 4.98 Å². The van der Waals surface area contributed by atoms with E-state index < -0.39 is 0 Å². The van der Waals surface area contributed by atoms with Gasteiger partial charge in [0.05, 0.1) is 12.3 Å². The molecule has 1 heterocycles. The van der Waals surface area contributed by atoms with Gasteiger partial charge in [0.1, 0.15) is 0 Å². The van der Waals surface area contributed by atoms with Gasteiger partial charge in [-0.15, -0.1) is 0 Å². The molecule has 0 aliphatic heterocycles. The van der Waals surface area contributed by atoms with Crippen LogP contribution in [0.2, 0.25) is 0 Å². The molecule has 1 aliphatic carbocycles. The Morgan fingerprint density at radius 1 is 1.50 bits per heavy atom. The monoisotopic (exact) mass is 252 g/mol. The van der Waals surface area contributed by atoms with Crippen LogP contribution in [0.5, 0.6) is 0 Å². The van der Waals surface area contributed by atoms with Crippen LogP contribution in [0, 0.1) is 6.92 Å². The molecule has 0 aromatic carbocycles. The number of hydrogen-bond acceptors (Lipinski definition) is 4. The number of imidazole rings is 1. The second-order valence-electron chi connectivity index (χ2n) is 5.11. The summed E-state index contributed by atoms with van der Waals surface area (Å²) in [6.07, 6.45) is 4.67. The van der Waals surface area contributed by atoms with Crippen molar-refractivity contribution in [1.82, 2.24) is 14.5 Å². The molecule has 0 bridgehead atoms. The van der Waals surface area contributed by atoms with Gasteiger partial charge in [-0.05, 0) is 26.8 Å². The van der Waals surface area contributed by atoms with E-state index in [1.54, 1.807) is 7.11 Å². The van der Waals surface area contributed by atoms with E-state index in [2.05, 4.69) is 33.0 Å². The zero-order chi connectivity index (χ0) is 13.0. The number of rotatable bonds is 8. The van der Waals surface area contributed by atoms with Crippen LogP contribution in [-0.4, -0.2) is 54.3 Å². The Hall–Kier alpha value is -1.07. The van der Waals surface area contributed by atoms with E-state index in [9.17, 15) is 0 Å². The molecule has 0 spiro atoms. The average molecular weight is 252 g/mol. The highest BCUT2D eigenvalue weighted by molar-refractivity contribution is 5.32. The van der Waals surface area contributed by atoms with E-state index in [1.165, 1.54) is 12.8 Å². The molecular formula is C13H24N4O. The zero-order valence-corrected chi connectivity index (χ0v) is 11.6. The number of anilines is 1. The highest BCUT2D eigenvalue weighted by Gasteiger charge is 2.22. The van der Waals surface area contributed by atoms with Crippen LogP contribution in [0.4, 0.5) is 5.95 Å². The summed E-state index contributed by atoms with van der Waals surface area (Å²) in [7, 11) is 3.86. The molecule has 5 heteroatoms. The summed E-state index contributed by atoms with van der Waals surface area (Å²) in [6, 6.07) is 0.650. The SMILES string of the molecule is COCCN(C)CCn1cc(C)nc1NC1CC1. The van der Waals surface area contributed by atoms with Crippen LogP contribution in [-0.2, 0) is 11.3 Å². The highest BCUT2D eigenvalue weighted by Crippen LogP contribution is 2.24. The molecule has 1 saturated carbocycles. The first kappa shape index (κ1) is 13.4. The lowest BCUT2D eigenvalue weighted by molar-refractivity contribution is 0.159. The van der Waals surface area contributed by atoms with Gasteiger partial charge < -0.3 is 19.5 Å². The van der Waals surface area contributed by atoms with Gasteiger partial charge in [-0.3, -0.25) is 0 Å². The maximum Gasteiger partial charge on any atom is 0.203 e. The third kappa shape index (κ3) is 3.99. The first-order valence-corrected chi connectivity index (χ1v) is 6.67. The minimum Gasteiger partial charge on any atom is -0.383 e. The number of aromatic nitrogens is 2. The van der Waals surface area contributed by atoms with Crippen molar-refractivity contribution >= 4 is 5.95 Å². The lowest BCUT2D eigenvalue weighted by Crippen LogP contribution is -2.27. The van der Waals surface area contributed by atoms with Crippen molar-refractivity contribution in [3.8, 4) is 0 Å². The molecule has 1 aliphatic rings. The molecule has 18 heavy (non-hydrogen) atoms. The van der Waals surface area contributed by atoms with Gasteiger partial charge in [0.15, 0.2) is 0 Å². The van der Waals surface area contributed by atoms with Gasteiger partial charge in [0, 0.05) is 39.0 Å². The number of nitrogens with one attached hydrogen (secondary N) is 1. The maximum absolute atomic E-state index is 5.08.